The van der Waals surface area contributed by atoms with Crippen LogP contribution >= 0.6 is 11.8 Å². The Bertz CT molecular complexity index is 762. The van der Waals surface area contributed by atoms with Crippen LogP contribution in [0.5, 0.6) is 5.75 Å². The van der Waals surface area contributed by atoms with Gasteiger partial charge >= 0.3 is 0 Å². The molecule has 9 heteroatoms. The minimum Gasteiger partial charge on any atom is -0.497 e. The van der Waals surface area contributed by atoms with Crippen molar-refractivity contribution in [2.24, 2.45) is 10.9 Å². The maximum Gasteiger partial charge on any atom is 0.243 e. The van der Waals surface area contributed by atoms with E-state index in [1.807, 2.05) is 0 Å². The molecule has 0 radical (unpaired) electrons. The van der Waals surface area contributed by atoms with Crippen molar-refractivity contribution in [1.29, 1.82) is 0 Å². The number of hydrogen-bond acceptors (Lipinski definition) is 6. The highest BCUT2D eigenvalue weighted by atomic mass is 32.2. The summed E-state index contributed by atoms with van der Waals surface area (Å²) in [6.45, 7) is 1.33. The first-order valence-electron chi connectivity index (χ1n) is 8.13. The Kier molecular flexibility index (Phi) is 5.65. The highest BCUT2D eigenvalue weighted by Gasteiger charge is 2.33. The molecule has 0 unspecified atom stereocenters. The van der Waals surface area contributed by atoms with E-state index >= 15 is 0 Å². The summed E-state index contributed by atoms with van der Waals surface area (Å²) in [6.07, 6.45) is 1.34. The van der Waals surface area contributed by atoms with Gasteiger partial charge in [0.2, 0.25) is 15.9 Å². The SMILES string of the molecule is COc1ccc(S(=O)(=O)N2CCC[C@H](C(=O)NC3=NCCS3)C2)cc1. The normalized spacial score (nSPS) is 21.6. The molecule has 1 N–H and O–H groups in total. The zero-order valence-corrected chi connectivity index (χ0v) is 15.6. The van der Waals surface area contributed by atoms with Crippen molar-refractivity contribution in [3.05, 3.63) is 24.3 Å². The van der Waals surface area contributed by atoms with Crippen LogP contribution in [0.2, 0.25) is 0 Å². The molecule has 136 valence electrons. The number of ether oxygens (including phenoxy) is 1. The van der Waals surface area contributed by atoms with E-state index in [1.165, 1.54) is 35.3 Å². The van der Waals surface area contributed by atoms with Crippen LogP contribution < -0.4 is 10.1 Å². The number of methoxy groups -OCH3 is 1. The molecule has 25 heavy (non-hydrogen) atoms. The Morgan fingerprint density at radius 2 is 2.12 bits per heavy atom. The summed E-state index contributed by atoms with van der Waals surface area (Å²) in [5, 5.41) is 3.45. The van der Waals surface area contributed by atoms with Crippen molar-refractivity contribution < 1.29 is 17.9 Å². The Morgan fingerprint density at radius 1 is 1.36 bits per heavy atom. The molecule has 2 heterocycles. The first kappa shape index (κ1) is 18.2. The fourth-order valence-corrected chi connectivity index (χ4v) is 5.14. The van der Waals surface area contributed by atoms with E-state index in [9.17, 15) is 13.2 Å². The van der Waals surface area contributed by atoms with E-state index in [1.54, 1.807) is 12.1 Å². The molecule has 3 rings (SSSR count). The average molecular weight is 383 g/mol. The Labute approximate surface area is 151 Å². The van der Waals surface area contributed by atoms with Gasteiger partial charge in [0.25, 0.3) is 0 Å². The largest absolute Gasteiger partial charge is 0.497 e. The first-order valence-corrected chi connectivity index (χ1v) is 10.6. The highest BCUT2D eigenvalue weighted by molar-refractivity contribution is 8.14. The predicted octanol–water partition coefficient (Wildman–Crippen LogP) is 1.31. The van der Waals surface area contributed by atoms with Gasteiger partial charge in [0.15, 0.2) is 5.17 Å². The Balaban J connectivity index is 1.69. The van der Waals surface area contributed by atoms with Gasteiger partial charge in [0.05, 0.1) is 24.5 Å². The summed E-state index contributed by atoms with van der Waals surface area (Å²) >= 11 is 1.52. The van der Waals surface area contributed by atoms with Crippen molar-refractivity contribution in [3.8, 4) is 5.75 Å². The molecular weight excluding hydrogens is 362 g/mol. The number of carbonyl (C=O) groups is 1. The van der Waals surface area contributed by atoms with E-state index in [2.05, 4.69) is 10.3 Å². The third-order valence-corrected chi connectivity index (χ3v) is 7.04. The maximum absolute atomic E-state index is 12.8. The topological polar surface area (TPSA) is 88.1 Å². The number of rotatable bonds is 4. The molecule has 1 fully saturated rings. The number of hydrogen-bond donors (Lipinski definition) is 1. The molecule has 0 bridgehead atoms. The first-order chi connectivity index (χ1) is 12.0. The van der Waals surface area contributed by atoms with E-state index in [0.717, 1.165) is 5.75 Å². The van der Waals surface area contributed by atoms with Gasteiger partial charge in [-0.15, -0.1) is 0 Å². The van der Waals surface area contributed by atoms with Crippen LogP contribution in [0.1, 0.15) is 12.8 Å². The third kappa shape index (κ3) is 4.16. The van der Waals surface area contributed by atoms with Gasteiger partial charge in [0, 0.05) is 18.8 Å². The fraction of sp³-hybridized carbons (Fsp3) is 0.500. The van der Waals surface area contributed by atoms with Gasteiger partial charge in [-0.2, -0.15) is 4.31 Å². The third-order valence-electron chi connectivity index (χ3n) is 4.27. The lowest BCUT2D eigenvalue weighted by atomic mass is 9.99. The minimum absolute atomic E-state index is 0.150. The number of thioether (sulfide) groups is 1. The standard InChI is InChI=1S/C16H21N3O4S2/c1-23-13-4-6-14(7-5-13)25(21,22)19-9-2-3-12(11-19)15(20)18-16-17-8-10-24-16/h4-7,12H,2-3,8-11H2,1H3,(H,17,18,20)/t12-/m0/s1. The summed E-state index contributed by atoms with van der Waals surface area (Å²) in [5.41, 5.74) is 0. The summed E-state index contributed by atoms with van der Waals surface area (Å²) in [5.74, 6) is 0.969. The van der Waals surface area contributed by atoms with Crippen LogP contribution in [-0.2, 0) is 14.8 Å². The van der Waals surface area contributed by atoms with Gasteiger partial charge in [-0.25, -0.2) is 8.42 Å². The number of piperidine rings is 1. The molecule has 1 amide bonds. The molecule has 0 saturated carbocycles. The molecule has 1 aromatic carbocycles. The average Bonchev–Trinajstić information content (AvgIpc) is 3.15. The Morgan fingerprint density at radius 3 is 2.76 bits per heavy atom. The molecule has 0 aromatic heterocycles. The maximum atomic E-state index is 12.8. The lowest BCUT2D eigenvalue weighted by molar-refractivity contribution is -0.124. The molecule has 2 aliphatic rings. The van der Waals surface area contributed by atoms with E-state index in [0.29, 0.717) is 36.8 Å². The van der Waals surface area contributed by atoms with Crippen molar-refractivity contribution in [2.45, 2.75) is 17.7 Å². The molecule has 2 aliphatic heterocycles. The second kappa shape index (κ2) is 7.76. The van der Waals surface area contributed by atoms with Gasteiger partial charge < -0.3 is 10.1 Å². The summed E-state index contributed by atoms with van der Waals surface area (Å²) in [7, 11) is -2.09. The smallest absolute Gasteiger partial charge is 0.243 e. The van der Waals surface area contributed by atoms with Gasteiger partial charge in [0.1, 0.15) is 5.75 Å². The number of benzene rings is 1. The molecule has 1 atom stereocenters. The number of amidine groups is 1. The number of carbonyl (C=O) groups excluding carboxylic acids is 1. The Hall–Kier alpha value is -1.58. The van der Waals surface area contributed by atoms with Crippen molar-refractivity contribution >= 4 is 32.9 Å². The van der Waals surface area contributed by atoms with E-state index in [4.69, 9.17) is 4.74 Å². The van der Waals surface area contributed by atoms with Crippen LogP contribution in [-0.4, -0.2) is 56.3 Å². The second-order valence-corrected chi connectivity index (χ2v) is 8.92. The van der Waals surface area contributed by atoms with Crippen molar-refractivity contribution in [1.82, 2.24) is 9.62 Å². The van der Waals surface area contributed by atoms with Crippen LogP contribution in [0.4, 0.5) is 0 Å². The van der Waals surface area contributed by atoms with Crippen LogP contribution in [0.15, 0.2) is 34.2 Å². The predicted molar refractivity (Wildman–Crippen MR) is 97.4 cm³/mol. The lowest BCUT2D eigenvalue weighted by Crippen LogP contribution is -2.46. The van der Waals surface area contributed by atoms with Crippen LogP contribution in [0.3, 0.4) is 0 Å². The molecular formula is C16H21N3O4S2. The number of nitrogens with zero attached hydrogens (tertiary/aromatic N) is 2. The van der Waals surface area contributed by atoms with Gasteiger partial charge in [-0.1, -0.05) is 11.8 Å². The second-order valence-electron chi connectivity index (χ2n) is 5.90. The fourth-order valence-electron chi connectivity index (χ4n) is 2.89. The van der Waals surface area contributed by atoms with E-state index < -0.39 is 10.0 Å². The lowest BCUT2D eigenvalue weighted by Gasteiger charge is -2.31. The minimum atomic E-state index is -3.62. The highest BCUT2D eigenvalue weighted by Crippen LogP contribution is 2.25. The zero-order chi connectivity index (χ0) is 17.9. The van der Waals surface area contributed by atoms with Crippen molar-refractivity contribution in [3.63, 3.8) is 0 Å². The van der Waals surface area contributed by atoms with Crippen molar-refractivity contribution in [2.75, 3.05) is 32.5 Å². The molecule has 0 aliphatic carbocycles. The molecule has 1 aromatic rings. The van der Waals surface area contributed by atoms with Gasteiger partial charge in [-0.05, 0) is 37.1 Å². The van der Waals surface area contributed by atoms with Crippen LogP contribution in [0, 0.1) is 5.92 Å². The quantitative estimate of drug-likeness (QED) is 0.847. The zero-order valence-electron chi connectivity index (χ0n) is 14.0. The number of sulfonamides is 1. The van der Waals surface area contributed by atoms with E-state index in [-0.39, 0.29) is 23.3 Å². The summed E-state index contributed by atoms with van der Waals surface area (Å²) in [4.78, 5) is 16.8. The number of nitrogens with one attached hydrogen (secondary N) is 1. The van der Waals surface area contributed by atoms with Gasteiger partial charge in [-0.3, -0.25) is 9.79 Å². The summed E-state index contributed by atoms with van der Waals surface area (Å²) in [6, 6.07) is 6.30. The summed E-state index contributed by atoms with van der Waals surface area (Å²) < 4.78 is 32.1. The molecule has 0 spiro atoms. The molecule has 7 nitrogen and oxygen atoms in total. The monoisotopic (exact) mass is 383 g/mol. The number of amides is 1. The van der Waals surface area contributed by atoms with Crippen LogP contribution in [0.25, 0.3) is 0 Å². The molecule has 1 saturated heterocycles. The number of aliphatic imine (C=N–C) groups is 1.